The van der Waals surface area contributed by atoms with Crippen molar-refractivity contribution in [3.63, 3.8) is 0 Å². The van der Waals surface area contributed by atoms with Crippen LogP contribution >= 0.6 is 11.6 Å². The van der Waals surface area contributed by atoms with Crippen LogP contribution in [0.4, 0.5) is 18.9 Å². The average molecular weight is 475 g/mol. The summed E-state index contributed by atoms with van der Waals surface area (Å²) >= 11 is 5.89. The highest BCUT2D eigenvalue weighted by Crippen LogP contribution is 2.42. The van der Waals surface area contributed by atoms with Crippen molar-refractivity contribution in [2.24, 2.45) is 0 Å². The van der Waals surface area contributed by atoms with Crippen LogP contribution in [0.25, 0.3) is 5.76 Å². The first-order chi connectivity index (χ1) is 15.7. The molecule has 0 radical (unpaired) electrons. The molecule has 2 heterocycles. The Hall–Kier alpha value is -3.85. The van der Waals surface area contributed by atoms with Gasteiger partial charge in [0.15, 0.2) is 0 Å². The maximum Gasteiger partial charge on any atom is 0.573 e. The molecule has 1 unspecified atom stereocenters. The van der Waals surface area contributed by atoms with Crippen LogP contribution in [-0.4, -0.2) is 28.1 Å². The van der Waals surface area contributed by atoms with E-state index in [1.165, 1.54) is 48.8 Å². The van der Waals surface area contributed by atoms with E-state index in [9.17, 15) is 27.9 Å². The summed E-state index contributed by atoms with van der Waals surface area (Å²) in [5.41, 5.74) is 0.702. The van der Waals surface area contributed by atoms with Gasteiger partial charge in [0.2, 0.25) is 0 Å². The molecule has 1 N–H and O–H groups in total. The summed E-state index contributed by atoms with van der Waals surface area (Å²) in [6, 6.07) is 12.6. The predicted molar refractivity (Wildman–Crippen MR) is 114 cm³/mol. The normalized spacial score (nSPS) is 17.9. The van der Waals surface area contributed by atoms with E-state index in [2.05, 4.69) is 9.72 Å². The molecule has 4 rings (SSSR count). The average Bonchev–Trinajstić information content (AvgIpc) is 3.04. The van der Waals surface area contributed by atoms with E-state index < -0.39 is 35.6 Å². The number of anilines is 1. The van der Waals surface area contributed by atoms with Crippen molar-refractivity contribution in [2.75, 3.05) is 4.90 Å². The fourth-order valence-electron chi connectivity index (χ4n) is 3.53. The standard InChI is InChI=1S/C23H14ClF3N2O4/c24-15-3-1-14(2-4-15)20(30)18-19(13-9-11-28-12-10-13)29(22(32)21(18)31)16-5-7-17(8-6-16)33-23(25,26)27/h1-12,19,30H/b20-18-. The van der Waals surface area contributed by atoms with Gasteiger partial charge in [0.05, 0.1) is 11.6 Å². The SMILES string of the molecule is O=C1C(=O)N(c2ccc(OC(F)(F)F)cc2)C(c2ccncc2)/C1=C(/O)c1ccc(Cl)cc1. The molecular formula is C23H14ClF3N2O4. The molecule has 1 amide bonds. The second kappa shape index (κ2) is 8.59. The second-order valence-electron chi connectivity index (χ2n) is 7.00. The Labute approximate surface area is 190 Å². The maximum absolute atomic E-state index is 13.0. The summed E-state index contributed by atoms with van der Waals surface area (Å²) in [5.74, 6) is -2.78. The van der Waals surface area contributed by atoms with Gasteiger partial charge in [-0.2, -0.15) is 0 Å². The number of carbonyl (C=O) groups is 2. The number of pyridine rings is 1. The minimum atomic E-state index is -4.87. The number of Topliss-reactive ketones (excluding diaryl/α,β-unsaturated/α-hetero) is 1. The molecule has 10 heteroatoms. The zero-order valence-electron chi connectivity index (χ0n) is 16.6. The Morgan fingerprint density at radius 2 is 1.58 bits per heavy atom. The van der Waals surface area contributed by atoms with Gasteiger partial charge >= 0.3 is 6.36 Å². The number of aliphatic hydroxyl groups is 1. The summed E-state index contributed by atoms with van der Waals surface area (Å²) < 4.78 is 41.3. The minimum Gasteiger partial charge on any atom is -0.507 e. The van der Waals surface area contributed by atoms with E-state index >= 15 is 0 Å². The van der Waals surface area contributed by atoms with Crippen molar-refractivity contribution in [1.29, 1.82) is 0 Å². The molecule has 0 spiro atoms. The fraction of sp³-hybridized carbons (Fsp3) is 0.0870. The quantitative estimate of drug-likeness (QED) is 0.317. The van der Waals surface area contributed by atoms with Crippen LogP contribution in [0.5, 0.6) is 5.75 Å². The van der Waals surface area contributed by atoms with E-state index in [-0.39, 0.29) is 16.8 Å². The van der Waals surface area contributed by atoms with Gasteiger partial charge in [0.1, 0.15) is 11.5 Å². The lowest BCUT2D eigenvalue weighted by Gasteiger charge is -2.25. The van der Waals surface area contributed by atoms with Gasteiger partial charge in [-0.15, -0.1) is 13.2 Å². The molecule has 0 saturated carbocycles. The van der Waals surface area contributed by atoms with Crippen LogP contribution in [0.15, 0.2) is 78.6 Å². The predicted octanol–water partition coefficient (Wildman–Crippen LogP) is 5.26. The number of aliphatic hydroxyl groups excluding tert-OH is 1. The first-order valence-corrected chi connectivity index (χ1v) is 9.86. The van der Waals surface area contributed by atoms with E-state index in [0.29, 0.717) is 10.6 Å². The number of aromatic nitrogens is 1. The Morgan fingerprint density at radius 1 is 0.970 bits per heavy atom. The number of amides is 1. The minimum absolute atomic E-state index is 0.142. The monoisotopic (exact) mass is 474 g/mol. The number of carbonyl (C=O) groups excluding carboxylic acids is 2. The first-order valence-electron chi connectivity index (χ1n) is 9.48. The first kappa shape index (κ1) is 22.3. The van der Waals surface area contributed by atoms with Crippen LogP contribution in [0.1, 0.15) is 17.2 Å². The number of rotatable bonds is 4. The molecule has 3 aromatic rings. The van der Waals surface area contributed by atoms with Crippen molar-refractivity contribution < 1.29 is 32.6 Å². The molecule has 1 saturated heterocycles. The van der Waals surface area contributed by atoms with Gasteiger partial charge in [-0.1, -0.05) is 11.6 Å². The van der Waals surface area contributed by atoms with Crippen LogP contribution in [0.3, 0.4) is 0 Å². The van der Waals surface area contributed by atoms with Gasteiger partial charge in [-0.05, 0) is 66.2 Å². The van der Waals surface area contributed by atoms with Gasteiger partial charge in [0, 0.05) is 28.7 Å². The maximum atomic E-state index is 13.0. The van der Waals surface area contributed by atoms with Crippen molar-refractivity contribution in [2.45, 2.75) is 12.4 Å². The number of benzene rings is 2. The smallest absolute Gasteiger partial charge is 0.507 e. The third-order valence-electron chi connectivity index (χ3n) is 4.93. The van der Waals surface area contributed by atoms with Gasteiger partial charge in [-0.3, -0.25) is 19.5 Å². The van der Waals surface area contributed by atoms with Gasteiger partial charge in [0.25, 0.3) is 11.7 Å². The van der Waals surface area contributed by atoms with Crippen molar-refractivity contribution in [3.8, 4) is 5.75 Å². The number of nitrogens with zero attached hydrogens (tertiary/aromatic N) is 2. The molecule has 1 aromatic heterocycles. The Morgan fingerprint density at radius 3 is 2.15 bits per heavy atom. The molecule has 1 fully saturated rings. The molecule has 2 aromatic carbocycles. The fourth-order valence-corrected chi connectivity index (χ4v) is 3.66. The summed E-state index contributed by atoms with van der Waals surface area (Å²) in [7, 11) is 0. The lowest BCUT2D eigenvalue weighted by atomic mass is 9.96. The van der Waals surface area contributed by atoms with Gasteiger partial charge < -0.3 is 9.84 Å². The lowest BCUT2D eigenvalue weighted by molar-refractivity contribution is -0.274. The Kier molecular flexibility index (Phi) is 5.82. The summed E-state index contributed by atoms with van der Waals surface area (Å²) in [6.07, 6.45) is -1.96. The van der Waals surface area contributed by atoms with Crippen LogP contribution in [-0.2, 0) is 9.59 Å². The number of ether oxygens (including phenoxy) is 1. The highest BCUT2D eigenvalue weighted by molar-refractivity contribution is 6.51. The third kappa shape index (κ3) is 4.54. The molecular weight excluding hydrogens is 461 g/mol. The molecule has 6 nitrogen and oxygen atoms in total. The third-order valence-corrected chi connectivity index (χ3v) is 5.18. The molecule has 0 bridgehead atoms. The van der Waals surface area contributed by atoms with Crippen molar-refractivity contribution in [3.05, 3.63) is 94.8 Å². The van der Waals surface area contributed by atoms with Crippen molar-refractivity contribution >= 4 is 34.7 Å². The zero-order chi connectivity index (χ0) is 23.8. The number of alkyl halides is 3. The molecule has 1 aliphatic rings. The Balaban J connectivity index is 1.83. The van der Waals surface area contributed by atoms with E-state index in [4.69, 9.17) is 11.6 Å². The molecule has 33 heavy (non-hydrogen) atoms. The summed E-state index contributed by atoms with van der Waals surface area (Å²) in [6.45, 7) is 0. The summed E-state index contributed by atoms with van der Waals surface area (Å²) in [4.78, 5) is 31.0. The number of ketones is 1. The molecule has 0 aliphatic carbocycles. The second-order valence-corrected chi connectivity index (χ2v) is 7.43. The lowest BCUT2D eigenvalue weighted by Crippen LogP contribution is -2.29. The topological polar surface area (TPSA) is 79.7 Å². The molecule has 168 valence electrons. The number of halogens is 4. The number of hydrogen-bond donors (Lipinski definition) is 1. The highest BCUT2D eigenvalue weighted by atomic mass is 35.5. The zero-order valence-corrected chi connectivity index (χ0v) is 17.3. The van der Waals surface area contributed by atoms with Crippen molar-refractivity contribution in [1.82, 2.24) is 4.98 Å². The highest BCUT2D eigenvalue weighted by Gasteiger charge is 2.47. The van der Waals surface area contributed by atoms with Crippen LogP contribution in [0.2, 0.25) is 5.02 Å². The Bertz CT molecular complexity index is 1230. The summed E-state index contributed by atoms with van der Waals surface area (Å²) in [5, 5.41) is 11.4. The van der Waals surface area contributed by atoms with E-state index in [1.54, 1.807) is 12.1 Å². The van der Waals surface area contributed by atoms with E-state index in [1.807, 2.05) is 0 Å². The largest absolute Gasteiger partial charge is 0.573 e. The van der Waals surface area contributed by atoms with Crippen LogP contribution in [0, 0.1) is 0 Å². The van der Waals surface area contributed by atoms with Gasteiger partial charge in [-0.25, -0.2) is 0 Å². The molecule has 1 aliphatic heterocycles. The number of hydrogen-bond acceptors (Lipinski definition) is 5. The van der Waals surface area contributed by atoms with Crippen LogP contribution < -0.4 is 9.64 Å². The molecule has 1 atom stereocenters. The van der Waals surface area contributed by atoms with E-state index in [0.717, 1.165) is 17.0 Å².